The molecule has 2 N–H and O–H groups in total. The second-order valence-electron chi connectivity index (χ2n) is 5.77. The molecular weight excluding hydrogens is 326 g/mol. The van der Waals surface area contributed by atoms with E-state index < -0.39 is 0 Å². The molecule has 0 amide bonds. The Morgan fingerprint density at radius 1 is 1.26 bits per heavy atom. The van der Waals surface area contributed by atoms with Crippen LogP contribution >= 0.6 is 27.5 Å². The first kappa shape index (κ1) is 14.4. The molecule has 0 bridgehead atoms. The lowest BCUT2D eigenvalue weighted by Crippen LogP contribution is -2.10. The minimum absolute atomic E-state index is 0.161. The lowest BCUT2D eigenvalue weighted by atomic mass is 9.91. The van der Waals surface area contributed by atoms with E-state index in [-0.39, 0.29) is 5.41 Å². The molecule has 0 aliphatic heterocycles. The second-order valence-corrected chi connectivity index (χ2v) is 7.00. The summed E-state index contributed by atoms with van der Waals surface area (Å²) in [6.07, 6.45) is 0.859. The molecule has 1 aromatic heterocycles. The van der Waals surface area contributed by atoms with Gasteiger partial charge < -0.3 is 5.73 Å². The first-order chi connectivity index (χ1) is 8.78. The van der Waals surface area contributed by atoms with Crippen LogP contribution < -0.4 is 5.73 Å². The number of nitrogen functional groups attached to an aromatic ring is 1. The number of nitrogens with two attached hydrogens (primary N) is 1. The van der Waals surface area contributed by atoms with Crippen LogP contribution in [0.3, 0.4) is 0 Å². The van der Waals surface area contributed by atoms with Crippen molar-refractivity contribution in [2.24, 2.45) is 5.41 Å². The molecule has 0 atom stereocenters. The minimum Gasteiger partial charge on any atom is -0.383 e. The first-order valence-corrected chi connectivity index (χ1v) is 7.24. The number of rotatable bonds is 2. The van der Waals surface area contributed by atoms with Crippen LogP contribution in [0.4, 0.5) is 5.82 Å². The Morgan fingerprint density at radius 3 is 2.37 bits per heavy atom. The van der Waals surface area contributed by atoms with Crippen LogP contribution in [0.25, 0.3) is 5.69 Å². The van der Waals surface area contributed by atoms with Crippen molar-refractivity contribution in [2.75, 3.05) is 5.73 Å². The van der Waals surface area contributed by atoms with Crippen LogP contribution in [0.15, 0.2) is 28.7 Å². The summed E-state index contributed by atoms with van der Waals surface area (Å²) in [5, 5.41) is 5.29. The smallest absolute Gasteiger partial charge is 0.141 e. The predicted octanol–water partition coefficient (Wildman–Crippen LogP) is 4.46. The van der Waals surface area contributed by atoms with Gasteiger partial charge in [-0.05, 0) is 52.0 Å². The molecule has 2 aromatic rings. The Bertz CT molecular complexity index is 582. The van der Waals surface area contributed by atoms with Gasteiger partial charge in [0.2, 0.25) is 0 Å². The molecule has 2 rings (SSSR count). The highest BCUT2D eigenvalue weighted by molar-refractivity contribution is 9.10. The van der Waals surface area contributed by atoms with Crippen molar-refractivity contribution < 1.29 is 0 Å². The highest BCUT2D eigenvalue weighted by Gasteiger charge is 2.20. The molecule has 0 fully saturated rings. The third-order valence-electron chi connectivity index (χ3n) is 2.70. The Kier molecular flexibility index (Phi) is 3.92. The van der Waals surface area contributed by atoms with Crippen molar-refractivity contribution in [3.63, 3.8) is 0 Å². The summed E-state index contributed by atoms with van der Waals surface area (Å²) in [5.41, 5.74) is 8.15. The largest absolute Gasteiger partial charge is 0.383 e. The fourth-order valence-electron chi connectivity index (χ4n) is 1.85. The zero-order valence-corrected chi connectivity index (χ0v) is 13.6. The highest BCUT2D eigenvalue weighted by Crippen LogP contribution is 2.31. The lowest BCUT2D eigenvalue weighted by molar-refractivity contribution is 0.404. The van der Waals surface area contributed by atoms with Crippen LogP contribution in [-0.4, -0.2) is 9.78 Å². The van der Waals surface area contributed by atoms with Gasteiger partial charge >= 0.3 is 0 Å². The van der Waals surface area contributed by atoms with Gasteiger partial charge in [0.1, 0.15) is 5.82 Å². The van der Waals surface area contributed by atoms with Crippen molar-refractivity contribution in [3.8, 4) is 5.69 Å². The second kappa shape index (κ2) is 5.17. The topological polar surface area (TPSA) is 43.8 Å². The normalized spacial score (nSPS) is 11.8. The monoisotopic (exact) mass is 341 g/mol. The summed E-state index contributed by atoms with van der Waals surface area (Å²) in [6.45, 7) is 6.53. The Morgan fingerprint density at radius 2 is 1.84 bits per heavy atom. The van der Waals surface area contributed by atoms with E-state index in [4.69, 9.17) is 17.3 Å². The Labute approximate surface area is 126 Å². The third kappa shape index (κ3) is 3.31. The maximum absolute atomic E-state index is 6.11. The van der Waals surface area contributed by atoms with Crippen LogP contribution in [0, 0.1) is 5.41 Å². The molecule has 1 aromatic carbocycles. The molecule has 0 aliphatic carbocycles. The molecule has 102 valence electrons. The van der Waals surface area contributed by atoms with Gasteiger partial charge in [-0.3, -0.25) is 0 Å². The average Bonchev–Trinajstić information content (AvgIpc) is 2.57. The maximum Gasteiger partial charge on any atom is 0.141 e. The van der Waals surface area contributed by atoms with E-state index in [2.05, 4.69) is 41.8 Å². The first-order valence-electron chi connectivity index (χ1n) is 6.07. The minimum atomic E-state index is 0.161. The molecule has 3 nitrogen and oxygen atoms in total. The van der Waals surface area contributed by atoms with E-state index in [1.165, 1.54) is 0 Å². The number of hydrogen-bond acceptors (Lipinski definition) is 2. The third-order valence-corrected chi connectivity index (χ3v) is 3.81. The van der Waals surface area contributed by atoms with Gasteiger partial charge in [0.25, 0.3) is 0 Å². The number of aromatic nitrogens is 2. The van der Waals surface area contributed by atoms with Crippen molar-refractivity contribution in [1.29, 1.82) is 0 Å². The summed E-state index contributed by atoms with van der Waals surface area (Å²) in [6, 6.07) is 7.46. The number of benzene rings is 1. The van der Waals surface area contributed by atoms with Crippen molar-refractivity contribution in [3.05, 3.63) is 39.5 Å². The molecule has 0 unspecified atom stereocenters. The van der Waals surface area contributed by atoms with Crippen LogP contribution in [-0.2, 0) is 6.42 Å². The standard InChI is InChI=1S/C14H17BrClN3/c1-14(2,3)8-11-12(15)13(17)19(18-11)10-6-4-9(16)5-7-10/h4-7H,8,17H2,1-3H3. The van der Waals surface area contributed by atoms with Crippen molar-refractivity contribution >= 4 is 33.3 Å². The zero-order valence-electron chi connectivity index (χ0n) is 11.2. The van der Waals surface area contributed by atoms with E-state index in [1.807, 2.05) is 24.3 Å². The summed E-state index contributed by atoms with van der Waals surface area (Å²) in [7, 11) is 0. The van der Waals surface area contributed by atoms with Gasteiger partial charge in [0.05, 0.1) is 15.9 Å². The lowest BCUT2D eigenvalue weighted by Gasteiger charge is -2.16. The number of hydrogen-bond donors (Lipinski definition) is 1. The van der Waals surface area contributed by atoms with E-state index in [9.17, 15) is 0 Å². The molecule has 5 heteroatoms. The summed E-state index contributed by atoms with van der Waals surface area (Å²) >= 11 is 9.42. The van der Waals surface area contributed by atoms with E-state index in [0.29, 0.717) is 10.8 Å². The average molecular weight is 343 g/mol. The van der Waals surface area contributed by atoms with Crippen LogP contribution in [0.1, 0.15) is 26.5 Å². The predicted molar refractivity (Wildman–Crippen MR) is 83.8 cm³/mol. The molecule has 1 heterocycles. The van der Waals surface area contributed by atoms with E-state index in [1.54, 1.807) is 4.68 Å². The molecular formula is C14H17BrClN3. The van der Waals surface area contributed by atoms with Gasteiger partial charge in [-0.2, -0.15) is 5.10 Å². The molecule has 0 saturated heterocycles. The fraction of sp³-hybridized carbons (Fsp3) is 0.357. The summed E-state index contributed by atoms with van der Waals surface area (Å²) in [5.74, 6) is 0.613. The molecule has 0 saturated carbocycles. The molecule has 0 spiro atoms. The quantitative estimate of drug-likeness (QED) is 0.875. The van der Waals surface area contributed by atoms with Crippen molar-refractivity contribution in [1.82, 2.24) is 9.78 Å². The van der Waals surface area contributed by atoms with Gasteiger partial charge in [-0.1, -0.05) is 32.4 Å². The van der Waals surface area contributed by atoms with Gasteiger partial charge in [-0.15, -0.1) is 0 Å². The van der Waals surface area contributed by atoms with E-state index in [0.717, 1.165) is 22.3 Å². The van der Waals surface area contributed by atoms with E-state index >= 15 is 0 Å². The van der Waals surface area contributed by atoms with Crippen LogP contribution in [0.2, 0.25) is 5.02 Å². The van der Waals surface area contributed by atoms with Gasteiger partial charge in [-0.25, -0.2) is 4.68 Å². The summed E-state index contributed by atoms with van der Waals surface area (Å²) in [4.78, 5) is 0. The highest BCUT2D eigenvalue weighted by atomic mass is 79.9. The fourth-order valence-corrected chi connectivity index (χ4v) is 2.37. The van der Waals surface area contributed by atoms with Crippen molar-refractivity contribution in [2.45, 2.75) is 27.2 Å². The number of nitrogens with zero attached hydrogens (tertiary/aromatic N) is 2. The molecule has 0 radical (unpaired) electrons. The molecule has 0 aliphatic rings. The zero-order chi connectivity index (χ0) is 14.2. The van der Waals surface area contributed by atoms with Gasteiger partial charge in [0.15, 0.2) is 0 Å². The Hall–Kier alpha value is -1.00. The van der Waals surface area contributed by atoms with Crippen LogP contribution in [0.5, 0.6) is 0 Å². The Balaban J connectivity index is 2.43. The molecule has 19 heavy (non-hydrogen) atoms. The van der Waals surface area contributed by atoms with Gasteiger partial charge in [0, 0.05) is 5.02 Å². The SMILES string of the molecule is CC(C)(C)Cc1nn(-c2ccc(Cl)cc2)c(N)c1Br. The number of halogens is 2. The number of anilines is 1. The summed E-state index contributed by atoms with van der Waals surface area (Å²) < 4.78 is 2.61. The maximum atomic E-state index is 6.11.